The molecule has 3 nitrogen and oxygen atoms in total. The molecule has 0 bridgehead atoms. The van der Waals surface area contributed by atoms with Crippen LogP contribution in [0.4, 0.5) is 5.69 Å². The normalized spacial score (nSPS) is 10.3. The molecule has 0 fully saturated rings. The van der Waals surface area contributed by atoms with Gasteiger partial charge >= 0.3 is 0 Å². The van der Waals surface area contributed by atoms with Gasteiger partial charge in [-0.1, -0.05) is 30.6 Å². The summed E-state index contributed by atoms with van der Waals surface area (Å²) in [6.07, 6.45) is 4.00. The van der Waals surface area contributed by atoms with Gasteiger partial charge in [-0.05, 0) is 18.6 Å². The van der Waals surface area contributed by atoms with Crippen molar-refractivity contribution in [3.8, 4) is 11.3 Å². The predicted molar refractivity (Wildman–Crippen MR) is 65.3 cm³/mol. The van der Waals surface area contributed by atoms with Crippen LogP contribution >= 0.6 is 0 Å². The third-order valence-electron chi connectivity index (χ3n) is 2.48. The van der Waals surface area contributed by atoms with Gasteiger partial charge in [0.1, 0.15) is 12.0 Å². The number of hydrogen-bond donors (Lipinski definition) is 1. The van der Waals surface area contributed by atoms with Crippen LogP contribution in [0.25, 0.3) is 11.3 Å². The lowest BCUT2D eigenvalue weighted by atomic mass is 10.1. The number of benzene rings is 1. The molecule has 84 valence electrons. The number of hydrogen-bond acceptors (Lipinski definition) is 3. The third-order valence-corrected chi connectivity index (χ3v) is 2.48. The fraction of sp³-hybridized carbons (Fsp3) is 0.308. The molecule has 0 spiro atoms. The topological polar surface area (TPSA) is 38.1 Å². The molecule has 0 atom stereocenters. The molecule has 3 heteroatoms. The molecule has 0 saturated carbocycles. The van der Waals surface area contributed by atoms with Gasteiger partial charge < -0.3 is 9.84 Å². The zero-order chi connectivity index (χ0) is 11.2. The second-order valence-electron chi connectivity index (χ2n) is 3.74. The molecule has 1 aromatic carbocycles. The fourth-order valence-electron chi connectivity index (χ4n) is 1.53. The summed E-state index contributed by atoms with van der Waals surface area (Å²) in [5.74, 6) is 0. The number of nitrogens with one attached hydrogen (secondary N) is 1. The summed E-state index contributed by atoms with van der Waals surface area (Å²) in [6, 6.07) is 10.1. The SMILES string of the molecule is CCCCNc1ccc(-c2ccon2)cc1. The second kappa shape index (κ2) is 5.35. The maximum Gasteiger partial charge on any atom is 0.124 e. The largest absolute Gasteiger partial charge is 0.385 e. The summed E-state index contributed by atoms with van der Waals surface area (Å²) in [7, 11) is 0. The third kappa shape index (κ3) is 2.63. The van der Waals surface area contributed by atoms with Gasteiger partial charge in [-0.15, -0.1) is 0 Å². The van der Waals surface area contributed by atoms with E-state index in [1.54, 1.807) is 6.26 Å². The molecule has 0 radical (unpaired) electrons. The molecule has 0 saturated heterocycles. The first-order valence-electron chi connectivity index (χ1n) is 5.65. The Morgan fingerprint density at radius 3 is 2.62 bits per heavy atom. The Morgan fingerprint density at radius 2 is 2.00 bits per heavy atom. The van der Waals surface area contributed by atoms with Crippen molar-refractivity contribution in [3.63, 3.8) is 0 Å². The second-order valence-corrected chi connectivity index (χ2v) is 3.74. The minimum Gasteiger partial charge on any atom is -0.385 e. The molecular formula is C13H16N2O. The number of unbranched alkanes of at least 4 members (excludes halogenated alkanes) is 1. The van der Waals surface area contributed by atoms with Crippen molar-refractivity contribution in [1.29, 1.82) is 0 Å². The quantitative estimate of drug-likeness (QED) is 0.777. The van der Waals surface area contributed by atoms with E-state index in [1.165, 1.54) is 12.8 Å². The number of nitrogens with zero attached hydrogens (tertiary/aromatic N) is 1. The van der Waals surface area contributed by atoms with Crippen molar-refractivity contribution >= 4 is 5.69 Å². The minimum absolute atomic E-state index is 0.875. The lowest BCUT2D eigenvalue weighted by molar-refractivity contribution is 0.422. The van der Waals surface area contributed by atoms with Crippen molar-refractivity contribution in [1.82, 2.24) is 5.16 Å². The summed E-state index contributed by atoms with van der Waals surface area (Å²) in [5, 5.41) is 7.27. The number of aromatic nitrogens is 1. The average molecular weight is 216 g/mol. The molecule has 1 aromatic heterocycles. The van der Waals surface area contributed by atoms with Gasteiger partial charge in [0.2, 0.25) is 0 Å². The smallest absolute Gasteiger partial charge is 0.124 e. The van der Waals surface area contributed by atoms with E-state index in [1.807, 2.05) is 18.2 Å². The first-order valence-corrected chi connectivity index (χ1v) is 5.65. The first kappa shape index (κ1) is 10.7. The highest BCUT2D eigenvalue weighted by Gasteiger charge is 2.00. The van der Waals surface area contributed by atoms with Gasteiger partial charge in [-0.25, -0.2) is 0 Å². The van der Waals surface area contributed by atoms with E-state index in [9.17, 15) is 0 Å². The van der Waals surface area contributed by atoms with E-state index in [0.717, 1.165) is 23.5 Å². The minimum atomic E-state index is 0.875. The van der Waals surface area contributed by atoms with E-state index in [2.05, 4.69) is 29.5 Å². The van der Waals surface area contributed by atoms with Crippen LogP contribution in [0, 0.1) is 0 Å². The van der Waals surface area contributed by atoms with Crippen molar-refractivity contribution in [2.75, 3.05) is 11.9 Å². The van der Waals surface area contributed by atoms with Crippen LogP contribution in [0.15, 0.2) is 41.1 Å². The van der Waals surface area contributed by atoms with Crippen molar-refractivity contribution in [3.05, 3.63) is 36.6 Å². The number of rotatable bonds is 5. The molecule has 1 N–H and O–H groups in total. The van der Waals surface area contributed by atoms with Gasteiger partial charge in [0, 0.05) is 23.9 Å². The van der Waals surface area contributed by atoms with Crippen LogP contribution in [0.5, 0.6) is 0 Å². The highest BCUT2D eigenvalue weighted by atomic mass is 16.5. The Kier molecular flexibility index (Phi) is 3.59. The van der Waals surface area contributed by atoms with Gasteiger partial charge in [0.15, 0.2) is 0 Å². The first-order chi connectivity index (χ1) is 7.90. The molecule has 0 aliphatic heterocycles. The standard InChI is InChI=1S/C13H16N2O/c1-2-3-9-14-12-6-4-11(5-7-12)13-8-10-16-15-13/h4-8,10,14H,2-3,9H2,1H3. The fourth-order valence-corrected chi connectivity index (χ4v) is 1.53. The van der Waals surface area contributed by atoms with Gasteiger partial charge in [-0.3, -0.25) is 0 Å². The summed E-state index contributed by atoms with van der Waals surface area (Å²) in [6.45, 7) is 3.22. The summed E-state index contributed by atoms with van der Waals surface area (Å²) in [5.41, 5.74) is 3.11. The van der Waals surface area contributed by atoms with Gasteiger partial charge in [-0.2, -0.15) is 0 Å². The molecule has 2 rings (SSSR count). The monoisotopic (exact) mass is 216 g/mol. The molecule has 2 aromatic rings. The van der Waals surface area contributed by atoms with Crippen LogP contribution in [0.1, 0.15) is 19.8 Å². The van der Waals surface area contributed by atoms with Crippen molar-refractivity contribution in [2.24, 2.45) is 0 Å². The van der Waals surface area contributed by atoms with Crippen LogP contribution in [-0.2, 0) is 0 Å². The highest BCUT2D eigenvalue weighted by molar-refractivity contribution is 5.61. The molecule has 0 aliphatic rings. The maximum atomic E-state index is 4.81. The van der Waals surface area contributed by atoms with E-state index in [0.29, 0.717) is 0 Å². The predicted octanol–water partition coefficient (Wildman–Crippen LogP) is 3.55. The van der Waals surface area contributed by atoms with E-state index in [4.69, 9.17) is 4.52 Å². The zero-order valence-electron chi connectivity index (χ0n) is 9.44. The van der Waals surface area contributed by atoms with Gasteiger partial charge in [0.05, 0.1) is 0 Å². The van der Waals surface area contributed by atoms with Crippen LogP contribution < -0.4 is 5.32 Å². The van der Waals surface area contributed by atoms with Crippen LogP contribution in [-0.4, -0.2) is 11.7 Å². The summed E-state index contributed by atoms with van der Waals surface area (Å²) >= 11 is 0. The maximum absolute atomic E-state index is 4.81. The van der Waals surface area contributed by atoms with Crippen molar-refractivity contribution < 1.29 is 4.52 Å². The Hall–Kier alpha value is -1.77. The Labute approximate surface area is 95.5 Å². The molecule has 0 amide bonds. The average Bonchev–Trinajstić information content (AvgIpc) is 2.84. The van der Waals surface area contributed by atoms with E-state index in [-0.39, 0.29) is 0 Å². The van der Waals surface area contributed by atoms with Crippen LogP contribution in [0.3, 0.4) is 0 Å². The van der Waals surface area contributed by atoms with E-state index < -0.39 is 0 Å². The lowest BCUT2D eigenvalue weighted by Crippen LogP contribution is -2.00. The van der Waals surface area contributed by atoms with Crippen LogP contribution in [0.2, 0.25) is 0 Å². The molecule has 0 aliphatic carbocycles. The highest BCUT2D eigenvalue weighted by Crippen LogP contribution is 2.19. The lowest BCUT2D eigenvalue weighted by Gasteiger charge is -2.05. The molecular weight excluding hydrogens is 200 g/mol. The summed E-state index contributed by atoms with van der Waals surface area (Å²) < 4.78 is 4.81. The van der Waals surface area contributed by atoms with E-state index >= 15 is 0 Å². The van der Waals surface area contributed by atoms with Crippen molar-refractivity contribution in [2.45, 2.75) is 19.8 Å². The van der Waals surface area contributed by atoms with Gasteiger partial charge in [0.25, 0.3) is 0 Å². The summed E-state index contributed by atoms with van der Waals surface area (Å²) in [4.78, 5) is 0. The molecule has 1 heterocycles. The molecule has 16 heavy (non-hydrogen) atoms. The Bertz CT molecular complexity index is 406. The number of anilines is 1. The molecule has 0 unspecified atom stereocenters. The zero-order valence-corrected chi connectivity index (χ0v) is 9.44. The Balaban J connectivity index is 2.00. The Morgan fingerprint density at radius 1 is 1.19 bits per heavy atom.